The molecule has 0 bridgehead atoms. The Balaban J connectivity index is 1.91. The maximum atomic E-state index is 12.2. The van der Waals surface area contributed by atoms with Crippen LogP contribution in [0.2, 0.25) is 0 Å². The van der Waals surface area contributed by atoms with Crippen LogP contribution in [0.1, 0.15) is 12.0 Å². The first-order valence-electron chi connectivity index (χ1n) is 7.12. The van der Waals surface area contributed by atoms with Crippen LogP contribution in [0.5, 0.6) is 0 Å². The van der Waals surface area contributed by atoms with Crippen molar-refractivity contribution in [3.05, 3.63) is 26.6 Å². The smallest absolute Gasteiger partial charge is 0.238 e. The van der Waals surface area contributed by atoms with E-state index in [4.69, 9.17) is 0 Å². The van der Waals surface area contributed by atoms with E-state index in [1.54, 1.807) is 0 Å². The van der Waals surface area contributed by atoms with E-state index >= 15 is 0 Å². The summed E-state index contributed by atoms with van der Waals surface area (Å²) in [6.45, 7) is 5.48. The van der Waals surface area contributed by atoms with Gasteiger partial charge < -0.3 is 10.6 Å². The van der Waals surface area contributed by atoms with Crippen LogP contribution in [0.15, 0.2) is 21.1 Å². The molecule has 1 atom stereocenters. The van der Waals surface area contributed by atoms with Crippen LogP contribution in [-0.4, -0.2) is 44.0 Å². The fourth-order valence-electron chi connectivity index (χ4n) is 2.71. The largest absolute Gasteiger partial charge is 0.323 e. The Labute approximate surface area is 142 Å². The molecule has 1 fully saturated rings. The highest BCUT2D eigenvalue weighted by molar-refractivity contribution is 9.11. The number of carbonyl (C=O) groups is 1. The van der Waals surface area contributed by atoms with Crippen molar-refractivity contribution in [2.45, 2.75) is 13.3 Å². The third-order valence-corrected chi connectivity index (χ3v) is 4.93. The van der Waals surface area contributed by atoms with E-state index in [9.17, 15) is 4.79 Å². The predicted molar refractivity (Wildman–Crippen MR) is 93.7 cm³/mol. The van der Waals surface area contributed by atoms with Crippen molar-refractivity contribution < 1.29 is 4.79 Å². The summed E-state index contributed by atoms with van der Waals surface area (Å²) in [4.78, 5) is 14.4. The second kappa shape index (κ2) is 7.72. The van der Waals surface area contributed by atoms with Gasteiger partial charge in [0.15, 0.2) is 0 Å². The maximum absolute atomic E-state index is 12.2. The van der Waals surface area contributed by atoms with Crippen LogP contribution in [0.4, 0.5) is 5.69 Å². The Morgan fingerprint density at radius 1 is 1.38 bits per heavy atom. The molecule has 0 aliphatic carbocycles. The molecule has 0 spiro atoms. The molecule has 1 amide bonds. The minimum atomic E-state index is 0.0327. The summed E-state index contributed by atoms with van der Waals surface area (Å²) < 4.78 is 1.80. The minimum absolute atomic E-state index is 0.0327. The SMILES string of the molecule is CNCC1CCN(CC(=O)Nc2c(Br)cc(C)cc2Br)C1. The fourth-order valence-corrected chi connectivity index (χ4v) is 4.33. The van der Waals surface area contributed by atoms with E-state index in [0.29, 0.717) is 12.5 Å². The highest BCUT2D eigenvalue weighted by atomic mass is 79.9. The van der Waals surface area contributed by atoms with Gasteiger partial charge in [-0.05, 0) is 89.0 Å². The normalized spacial score (nSPS) is 19.0. The Morgan fingerprint density at radius 3 is 2.67 bits per heavy atom. The number of hydrogen-bond donors (Lipinski definition) is 2. The summed E-state index contributed by atoms with van der Waals surface area (Å²) in [6.07, 6.45) is 1.16. The van der Waals surface area contributed by atoms with Crippen molar-refractivity contribution in [2.24, 2.45) is 5.92 Å². The summed E-state index contributed by atoms with van der Waals surface area (Å²) >= 11 is 7.01. The third-order valence-electron chi connectivity index (χ3n) is 3.68. The fraction of sp³-hybridized carbons (Fsp3) is 0.533. The van der Waals surface area contributed by atoms with Crippen molar-refractivity contribution in [3.63, 3.8) is 0 Å². The van der Waals surface area contributed by atoms with Gasteiger partial charge >= 0.3 is 0 Å². The molecule has 2 N–H and O–H groups in total. The number of halogens is 2. The third kappa shape index (κ3) is 4.77. The lowest BCUT2D eigenvalue weighted by Crippen LogP contribution is -2.32. The van der Waals surface area contributed by atoms with Crippen LogP contribution < -0.4 is 10.6 Å². The summed E-state index contributed by atoms with van der Waals surface area (Å²) in [6, 6.07) is 4.00. The first kappa shape index (κ1) is 16.9. The Bertz CT molecular complexity index is 499. The van der Waals surface area contributed by atoms with Gasteiger partial charge in [0, 0.05) is 15.5 Å². The van der Waals surface area contributed by atoms with E-state index < -0.39 is 0 Å². The lowest BCUT2D eigenvalue weighted by molar-refractivity contribution is -0.117. The standard InChI is InChI=1S/C15H21Br2N3O/c1-10-5-12(16)15(13(17)6-10)19-14(21)9-20-4-3-11(8-20)7-18-2/h5-6,11,18H,3-4,7-9H2,1-2H3,(H,19,21). The van der Waals surface area contributed by atoms with Gasteiger partial charge in [0.25, 0.3) is 0 Å². The molecule has 2 rings (SSSR count). The van der Waals surface area contributed by atoms with Crippen LogP contribution in [0, 0.1) is 12.8 Å². The van der Waals surface area contributed by atoms with E-state index in [1.165, 1.54) is 0 Å². The number of likely N-dealkylation sites (tertiary alicyclic amines) is 1. The molecular formula is C15H21Br2N3O. The second-order valence-electron chi connectivity index (χ2n) is 5.60. The van der Waals surface area contributed by atoms with Gasteiger partial charge in [0.1, 0.15) is 0 Å². The molecule has 116 valence electrons. The quantitative estimate of drug-likeness (QED) is 0.772. The molecule has 1 heterocycles. The first-order chi connectivity index (χ1) is 9.99. The van der Waals surface area contributed by atoms with Gasteiger partial charge in [0.2, 0.25) is 5.91 Å². The summed E-state index contributed by atoms with van der Waals surface area (Å²) in [5.74, 6) is 0.686. The van der Waals surface area contributed by atoms with Crippen molar-refractivity contribution in [3.8, 4) is 0 Å². The topological polar surface area (TPSA) is 44.4 Å². The number of amides is 1. The monoisotopic (exact) mass is 417 g/mol. The van der Waals surface area contributed by atoms with Gasteiger partial charge in [-0.15, -0.1) is 0 Å². The molecule has 1 saturated heterocycles. The molecule has 21 heavy (non-hydrogen) atoms. The lowest BCUT2D eigenvalue weighted by atomic mass is 10.1. The number of carbonyl (C=O) groups excluding carboxylic acids is 1. The average Bonchev–Trinajstić information content (AvgIpc) is 2.81. The Kier molecular flexibility index (Phi) is 6.22. The van der Waals surface area contributed by atoms with E-state index in [1.807, 2.05) is 26.1 Å². The molecule has 1 aliphatic rings. The number of aryl methyl sites for hydroxylation is 1. The number of nitrogens with zero attached hydrogens (tertiary/aromatic N) is 1. The van der Waals surface area contributed by atoms with E-state index in [-0.39, 0.29) is 5.91 Å². The number of anilines is 1. The van der Waals surface area contributed by atoms with Crippen molar-refractivity contribution in [1.82, 2.24) is 10.2 Å². The molecule has 1 unspecified atom stereocenters. The molecule has 1 aliphatic heterocycles. The molecular weight excluding hydrogens is 398 g/mol. The van der Waals surface area contributed by atoms with Crippen molar-refractivity contribution >= 4 is 43.5 Å². The Morgan fingerprint density at radius 2 is 2.05 bits per heavy atom. The second-order valence-corrected chi connectivity index (χ2v) is 7.31. The first-order valence-corrected chi connectivity index (χ1v) is 8.70. The van der Waals surface area contributed by atoms with Crippen molar-refractivity contribution in [1.29, 1.82) is 0 Å². The van der Waals surface area contributed by atoms with Crippen LogP contribution >= 0.6 is 31.9 Å². The summed E-state index contributed by atoms with van der Waals surface area (Å²) in [5.41, 5.74) is 1.94. The van der Waals surface area contributed by atoms with Gasteiger partial charge in [-0.2, -0.15) is 0 Å². The molecule has 0 saturated carbocycles. The molecule has 4 nitrogen and oxygen atoms in total. The van der Waals surface area contributed by atoms with Gasteiger partial charge in [0.05, 0.1) is 12.2 Å². The van der Waals surface area contributed by atoms with Gasteiger partial charge in [-0.25, -0.2) is 0 Å². The summed E-state index contributed by atoms with van der Waals surface area (Å²) in [7, 11) is 1.97. The summed E-state index contributed by atoms with van der Waals surface area (Å²) in [5, 5.41) is 6.19. The Hall–Kier alpha value is -0.430. The highest BCUT2D eigenvalue weighted by Gasteiger charge is 2.23. The molecule has 0 aromatic heterocycles. The molecule has 6 heteroatoms. The zero-order valence-corrected chi connectivity index (χ0v) is 15.6. The van der Waals surface area contributed by atoms with E-state index in [2.05, 4.69) is 47.4 Å². The molecule has 1 aromatic carbocycles. The zero-order valence-electron chi connectivity index (χ0n) is 12.4. The number of rotatable bonds is 5. The number of benzene rings is 1. The van der Waals surface area contributed by atoms with Gasteiger partial charge in [-0.3, -0.25) is 9.69 Å². The minimum Gasteiger partial charge on any atom is -0.323 e. The number of hydrogen-bond acceptors (Lipinski definition) is 3. The predicted octanol–water partition coefficient (Wildman–Crippen LogP) is 3.00. The van der Waals surface area contributed by atoms with Crippen LogP contribution in [-0.2, 0) is 4.79 Å². The van der Waals surface area contributed by atoms with E-state index in [0.717, 1.165) is 46.3 Å². The van der Waals surface area contributed by atoms with Gasteiger partial charge in [-0.1, -0.05) is 0 Å². The van der Waals surface area contributed by atoms with Crippen LogP contribution in [0.3, 0.4) is 0 Å². The van der Waals surface area contributed by atoms with Crippen molar-refractivity contribution in [2.75, 3.05) is 38.5 Å². The highest BCUT2D eigenvalue weighted by Crippen LogP contribution is 2.32. The lowest BCUT2D eigenvalue weighted by Gasteiger charge is -2.17. The zero-order chi connectivity index (χ0) is 15.4. The average molecular weight is 419 g/mol. The number of nitrogens with one attached hydrogen (secondary N) is 2. The van der Waals surface area contributed by atoms with Crippen LogP contribution in [0.25, 0.3) is 0 Å². The maximum Gasteiger partial charge on any atom is 0.238 e. The molecule has 0 radical (unpaired) electrons. The molecule has 1 aromatic rings.